The van der Waals surface area contributed by atoms with Crippen molar-refractivity contribution in [3.05, 3.63) is 59.2 Å². The highest BCUT2D eigenvalue weighted by molar-refractivity contribution is 5.93. The van der Waals surface area contributed by atoms with Gasteiger partial charge in [-0.25, -0.2) is 0 Å². The summed E-state index contributed by atoms with van der Waals surface area (Å²) in [5.41, 5.74) is 4.82. The van der Waals surface area contributed by atoms with E-state index < -0.39 is 6.61 Å². The van der Waals surface area contributed by atoms with Gasteiger partial charge in [-0.05, 0) is 109 Å². The Balaban J connectivity index is 1.31. The van der Waals surface area contributed by atoms with Crippen molar-refractivity contribution in [2.75, 3.05) is 0 Å². The number of benzene rings is 2. The van der Waals surface area contributed by atoms with E-state index in [4.69, 9.17) is 0 Å². The molecule has 0 heterocycles. The Labute approximate surface area is 187 Å². The molecule has 6 heteroatoms. The van der Waals surface area contributed by atoms with E-state index in [1.165, 1.54) is 35.4 Å². The molecule has 0 amide bonds. The molecular formula is C26H28F2N2O2. The fourth-order valence-electron chi connectivity index (χ4n) is 6.42. The summed E-state index contributed by atoms with van der Waals surface area (Å²) in [6, 6.07) is 12.3. The Kier molecular flexibility index (Phi) is 5.48. The van der Waals surface area contributed by atoms with Gasteiger partial charge in [0.2, 0.25) is 0 Å². The number of aryl methyl sites for hydroxylation is 1. The number of rotatable bonds is 4. The molecule has 4 nitrogen and oxygen atoms in total. The maximum Gasteiger partial charge on any atom is 0.387 e. The second-order valence-corrected chi connectivity index (χ2v) is 9.53. The van der Waals surface area contributed by atoms with Crippen LogP contribution in [0.25, 0.3) is 0 Å². The van der Waals surface area contributed by atoms with Gasteiger partial charge in [-0.2, -0.15) is 19.0 Å². The molecule has 2 fully saturated rings. The molecule has 1 N–H and O–H groups in total. The molecule has 0 radical (unpaired) electrons. The van der Waals surface area contributed by atoms with Gasteiger partial charge >= 0.3 is 6.61 Å². The summed E-state index contributed by atoms with van der Waals surface area (Å²) in [6.07, 6.45) is 8.25. The number of ether oxygens (including phenoxy) is 1. The largest absolute Gasteiger partial charge is 0.508 e. The van der Waals surface area contributed by atoms with E-state index in [1.54, 1.807) is 18.3 Å². The summed E-state index contributed by atoms with van der Waals surface area (Å²) < 4.78 is 29.0. The molecule has 3 aliphatic carbocycles. The summed E-state index contributed by atoms with van der Waals surface area (Å²) in [5, 5.41) is 18.8. The Bertz CT molecular complexity index is 1050. The highest BCUT2D eigenvalue weighted by atomic mass is 19.3. The minimum Gasteiger partial charge on any atom is -0.508 e. The van der Waals surface area contributed by atoms with Crippen molar-refractivity contribution in [3.63, 3.8) is 0 Å². The first-order chi connectivity index (χ1) is 15.4. The molecular weight excluding hydrogens is 410 g/mol. The summed E-state index contributed by atoms with van der Waals surface area (Å²) >= 11 is 0. The van der Waals surface area contributed by atoms with Gasteiger partial charge in [0.1, 0.15) is 11.5 Å². The van der Waals surface area contributed by atoms with Crippen molar-refractivity contribution in [1.82, 2.24) is 0 Å². The van der Waals surface area contributed by atoms with Crippen molar-refractivity contribution in [2.45, 2.75) is 58.0 Å². The molecule has 2 aromatic carbocycles. The van der Waals surface area contributed by atoms with Crippen molar-refractivity contribution in [3.8, 4) is 11.5 Å². The van der Waals surface area contributed by atoms with E-state index in [0.717, 1.165) is 37.7 Å². The van der Waals surface area contributed by atoms with Crippen LogP contribution in [0.3, 0.4) is 0 Å². The number of alkyl halides is 2. The number of aromatic hydroxyl groups is 1. The van der Waals surface area contributed by atoms with Crippen molar-refractivity contribution < 1.29 is 18.6 Å². The van der Waals surface area contributed by atoms with E-state index in [0.29, 0.717) is 23.5 Å². The van der Waals surface area contributed by atoms with Crippen LogP contribution in [0, 0.1) is 17.3 Å². The van der Waals surface area contributed by atoms with Gasteiger partial charge in [0.15, 0.2) is 0 Å². The van der Waals surface area contributed by atoms with E-state index in [-0.39, 0.29) is 11.2 Å². The molecule has 3 aliphatic rings. The molecule has 2 saturated carbocycles. The number of hydrogen-bond donors (Lipinski definition) is 1. The zero-order valence-corrected chi connectivity index (χ0v) is 18.2. The topological polar surface area (TPSA) is 54.2 Å². The normalized spacial score (nSPS) is 30.4. The second kappa shape index (κ2) is 8.30. The maximum atomic E-state index is 12.3. The van der Waals surface area contributed by atoms with Gasteiger partial charge in [-0.15, -0.1) is 0 Å². The number of phenolic OH excluding ortho intramolecular Hbond substituents is 1. The van der Waals surface area contributed by atoms with Gasteiger partial charge in [-0.1, -0.05) is 13.0 Å². The third-order valence-corrected chi connectivity index (χ3v) is 7.94. The van der Waals surface area contributed by atoms with Gasteiger partial charge in [-0.3, -0.25) is 0 Å². The summed E-state index contributed by atoms with van der Waals surface area (Å²) in [4.78, 5) is 0. The van der Waals surface area contributed by atoms with Gasteiger partial charge in [0.25, 0.3) is 0 Å². The first-order valence-electron chi connectivity index (χ1n) is 11.4. The number of fused-ring (bicyclic) bond motifs is 5. The predicted octanol–water partition coefficient (Wildman–Crippen LogP) is 6.32. The van der Waals surface area contributed by atoms with Gasteiger partial charge < -0.3 is 9.84 Å². The smallest absolute Gasteiger partial charge is 0.387 e. The Hall–Kier alpha value is -2.76. The van der Waals surface area contributed by atoms with E-state index in [1.807, 2.05) is 12.1 Å². The maximum absolute atomic E-state index is 12.3. The Morgan fingerprint density at radius 2 is 1.91 bits per heavy atom. The zero-order chi connectivity index (χ0) is 22.3. The molecule has 0 spiro atoms. The monoisotopic (exact) mass is 438 g/mol. The fourth-order valence-corrected chi connectivity index (χ4v) is 6.42. The second-order valence-electron chi connectivity index (χ2n) is 9.53. The number of phenols is 1. The van der Waals surface area contributed by atoms with Crippen LogP contribution in [0.2, 0.25) is 0 Å². The Morgan fingerprint density at radius 3 is 2.69 bits per heavy atom. The van der Waals surface area contributed by atoms with Crippen molar-refractivity contribution >= 4 is 11.9 Å². The number of nitrogens with zero attached hydrogens (tertiary/aromatic N) is 2. The van der Waals surface area contributed by atoms with Gasteiger partial charge in [0.05, 0.1) is 6.21 Å². The van der Waals surface area contributed by atoms with E-state index in [2.05, 4.69) is 27.9 Å². The van der Waals surface area contributed by atoms with E-state index in [9.17, 15) is 13.9 Å². The average Bonchev–Trinajstić information content (AvgIpc) is 3.10. The summed E-state index contributed by atoms with van der Waals surface area (Å²) in [7, 11) is 0. The fraction of sp³-hybridized carbons (Fsp3) is 0.462. The molecule has 0 aromatic heterocycles. The van der Waals surface area contributed by atoms with Crippen molar-refractivity contribution in [1.29, 1.82) is 0 Å². The van der Waals surface area contributed by atoms with Crippen LogP contribution in [0.1, 0.15) is 61.6 Å². The lowest BCUT2D eigenvalue weighted by atomic mass is 9.55. The SMILES string of the molecule is C[C@]12CC[C@@H]3c4ccc(O)cc4CC[C@@H]3[C@@H]1CC/C2=N/N=C\c1ccc(OC(F)F)cc1. The minimum absolute atomic E-state index is 0.0852. The summed E-state index contributed by atoms with van der Waals surface area (Å²) in [5.74, 6) is 2.35. The van der Waals surface area contributed by atoms with Crippen LogP contribution in [0.4, 0.5) is 8.78 Å². The highest BCUT2D eigenvalue weighted by Crippen LogP contribution is 2.60. The first-order valence-corrected chi connectivity index (χ1v) is 11.4. The lowest BCUT2D eigenvalue weighted by molar-refractivity contribution is -0.0498. The summed E-state index contributed by atoms with van der Waals surface area (Å²) in [6.45, 7) is -0.463. The standard InChI is InChI=1S/C26H28F2N2O2/c1-26-13-12-21-20-9-5-18(31)14-17(20)4-8-22(21)23(26)10-11-24(26)30-29-15-16-2-6-19(7-3-16)32-25(27)28/h2-3,5-7,9,14-15,21-23,25,31H,4,8,10-13H2,1H3/b29-15-,30-24-/t21-,22+,23+,26+/m1/s1. The first kappa shape index (κ1) is 21.1. The highest BCUT2D eigenvalue weighted by Gasteiger charge is 2.53. The molecule has 0 unspecified atom stereocenters. The number of hydrogen-bond acceptors (Lipinski definition) is 4. The van der Waals surface area contributed by atoms with Crippen LogP contribution in [-0.4, -0.2) is 23.6 Å². The van der Waals surface area contributed by atoms with Crippen LogP contribution >= 0.6 is 0 Å². The molecule has 0 bridgehead atoms. The molecule has 4 atom stereocenters. The van der Waals surface area contributed by atoms with Crippen LogP contribution in [-0.2, 0) is 6.42 Å². The number of halogens is 2. The quantitative estimate of drug-likeness (QED) is 0.448. The lowest BCUT2D eigenvalue weighted by Gasteiger charge is -2.49. The Morgan fingerprint density at radius 1 is 1.09 bits per heavy atom. The molecule has 0 saturated heterocycles. The van der Waals surface area contributed by atoms with E-state index >= 15 is 0 Å². The average molecular weight is 439 g/mol. The predicted molar refractivity (Wildman–Crippen MR) is 121 cm³/mol. The third kappa shape index (κ3) is 3.80. The molecule has 5 rings (SSSR count). The van der Waals surface area contributed by atoms with Gasteiger partial charge in [0, 0.05) is 11.1 Å². The van der Waals surface area contributed by atoms with Crippen LogP contribution in [0.5, 0.6) is 11.5 Å². The van der Waals surface area contributed by atoms with Crippen LogP contribution < -0.4 is 4.74 Å². The molecule has 168 valence electrons. The third-order valence-electron chi connectivity index (χ3n) is 7.94. The lowest BCUT2D eigenvalue weighted by Crippen LogP contribution is -2.42. The zero-order valence-electron chi connectivity index (χ0n) is 18.2. The molecule has 2 aromatic rings. The molecule has 32 heavy (non-hydrogen) atoms. The minimum atomic E-state index is -2.82. The molecule has 0 aliphatic heterocycles. The van der Waals surface area contributed by atoms with Crippen LogP contribution in [0.15, 0.2) is 52.7 Å². The van der Waals surface area contributed by atoms with Crippen molar-refractivity contribution in [2.24, 2.45) is 27.5 Å².